The summed E-state index contributed by atoms with van der Waals surface area (Å²) in [7, 11) is -3.69. The third-order valence-corrected chi connectivity index (χ3v) is 6.47. The van der Waals surface area contributed by atoms with Gasteiger partial charge in [0.25, 0.3) is 5.91 Å². The molecule has 1 heterocycles. The van der Waals surface area contributed by atoms with Crippen LogP contribution in [0.25, 0.3) is 5.69 Å². The van der Waals surface area contributed by atoms with Gasteiger partial charge in [0.05, 0.1) is 28.9 Å². The molecular formula is C22H22Cl2N4O3S. The molecule has 3 rings (SSSR count). The molecule has 0 aliphatic heterocycles. The topological polar surface area (TPSA) is 83.8 Å². The second-order valence-electron chi connectivity index (χ2n) is 7.15. The maximum absolute atomic E-state index is 12.4. The molecule has 1 N–H and O–H groups in total. The molecule has 0 saturated heterocycles. The maximum Gasteiger partial charge on any atom is 0.260 e. The summed E-state index contributed by atoms with van der Waals surface area (Å²) in [5.74, 6) is -0.582. The van der Waals surface area contributed by atoms with Crippen LogP contribution in [0.2, 0.25) is 10.0 Å². The van der Waals surface area contributed by atoms with E-state index in [0.717, 1.165) is 33.2 Å². The van der Waals surface area contributed by atoms with Crippen LogP contribution < -0.4 is 9.73 Å². The summed E-state index contributed by atoms with van der Waals surface area (Å²) in [5, 5.41) is 5.09. The van der Waals surface area contributed by atoms with E-state index in [-0.39, 0.29) is 0 Å². The molecule has 0 aliphatic rings. The molecule has 0 atom stereocenters. The summed E-state index contributed by atoms with van der Waals surface area (Å²) in [6.07, 6.45) is 2.54. The summed E-state index contributed by atoms with van der Waals surface area (Å²) in [4.78, 5) is 12.4. The van der Waals surface area contributed by atoms with Crippen LogP contribution in [0.1, 0.15) is 17.0 Å². The van der Waals surface area contributed by atoms with E-state index in [0.29, 0.717) is 15.7 Å². The molecule has 10 heteroatoms. The molecule has 1 amide bonds. The summed E-state index contributed by atoms with van der Waals surface area (Å²) >= 11 is 12.2. The van der Waals surface area contributed by atoms with Gasteiger partial charge >= 0.3 is 0 Å². The van der Waals surface area contributed by atoms with Crippen LogP contribution >= 0.6 is 23.2 Å². The molecule has 0 unspecified atom stereocenters. The lowest BCUT2D eigenvalue weighted by Gasteiger charge is -2.21. The molecule has 7 nitrogen and oxygen atoms in total. The lowest BCUT2D eigenvalue weighted by molar-refractivity contribution is -0.119. The van der Waals surface area contributed by atoms with Crippen molar-refractivity contribution in [2.24, 2.45) is 5.10 Å². The highest BCUT2D eigenvalue weighted by Crippen LogP contribution is 2.25. The number of rotatable bonds is 7. The van der Waals surface area contributed by atoms with E-state index in [9.17, 15) is 13.2 Å². The second-order valence-corrected chi connectivity index (χ2v) is 9.90. The van der Waals surface area contributed by atoms with Crippen molar-refractivity contribution in [3.05, 3.63) is 81.6 Å². The molecule has 0 spiro atoms. The number of benzene rings is 2. The van der Waals surface area contributed by atoms with Gasteiger partial charge in [-0.25, -0.2) is 13.8 Å². The van der Waals surface area contributed by atoms with Crippen molar-refractivity contribution in [1.29, 1.82) is 0 Å². The fourth-order valence-corrected chi connectivity index (χ4v) is 4.47. The summed E-state index contributed by atoms with van der Waals surface area (Å²) in [6, 6.07) is 15.6. The Morgan fingerprint density at radius 2 is 1.78 bits per heavy atom. The van der Waals surface area contributed by atoms with Crippen LogP contribution in [0.15, 0.2) is 59.7 Å². The minimum absolute atomic E-state index is 0.333. The van der Waals surface area contributed by atoms with Crippen molar-refractivity contribution >= 4 is 51.0 Å². The number of aromatic nitrogens is 1. The van der Waals surface area contributed by atoms with Gasteiger partial charge in [0.2, 0.25) is 10.0 Å². The lowest BCUT2D eigenvalue weighted by atomic mass is 10.2. The summed E-state index contributed by atoms with van der Waals surface area (Å²) in [5.41, 5.74) is 6.21. The number of hydrogen-bond acceptors (Lipinski definition) is 4. The third kappa shape index (κ3) is 5.51. The molecule has 1 aromatic heterocycles. The van der Waals surface area contributed by atoms with Gasteiger partial charge in [-0.2, -0.15) is 5.10 Å². The first-order chi connectivity index (χ1) is 15.1. The Bertz CT molecular complexity index is 1270. The molecule has 3 aromatic rings. The van der Waals surface area contributed by atoms with Crippen LogP contribution in [-0.2, 0) is 14.8 Å². The number of nitrogens with zero attached hydrogens (tertiary/aromatic N) is 3. The first kappa shape index (κ1) is 23.8. The Morgan fingerprint density at radius 1 is 1.12 bits per heavy atom. The number of anilines is 1. The van der Waals surface area contributed by atoms with E-state index in [1.807, 2.05) is 48.7 Å². The van der Waals surface area contributed by atoms with E-state index in [2.05, 4.69) is 10.5 Å². The predicted octanol–water partition coefficient (Wildman–Crippen LogP) is 4.32. The molecular weight excluding hydrogens is 471 g/mol. The van der Waals surface area contributed by atoms with E-state index < -0.39 is 22.5 Å². The number of hydrogen-bond donors (Lipinski definition) is 1. The molecule has 0 bridgehead atoms. The summed E-state index contributed by atoms with van der Waals surface area (Å²) in [6.45, 7) is 3.45. The lowest BCUT2D eigenvalue weighted by Crippen LogP contribution is -2.39. The van der Waals surface area contributed by atoms with Crippen molar-refractivity contribution < 1.29 is 13.2 Å². The summed E-state index contributed by atoms with van der Waals surface area (Å²) < 4.78 is 27.3. The van der Waals surface area contributed by atoms with E-state index in [1.54, 1.807) is 12.1 Å². The van der Waals surface area contributed by atoms with Gasteiger partial charge in [0.15, 0.2) is 0 Å². The van der Waals surface area contributed by atoms with Crippen molar-refractivity contribution in [2.45, 2.75) is 13.8 Å². The van der Waals surface area contributed by atoms with Gasteiger partial charge in [-0.05, 0) is 56.3 Å². The number of amides is 1. The normalized spacial score (nSPS) is 11.7. The zero-order valence-corrected chi connectivity index (χ0v) is 20.0. The zero-order valence-electron chi connectivity index (χ0n) is 17.7. The molecule has 0 fully saturated rings. The number of carbonyl (C=O) groups is 1. The monoisotopic (exact) mass is 492 g/mol. The van der Waals surface area contributed by atoms with E-state index >= 15 is 0 Å². The predicted molar refractivity (Wildman–Crippen MR) is 130 cm³/mol. The highest BCUT2D eigenvalue weighted by molar-refractivity contribution is 7.92. The molecule has 2 aromatic carbocycles. The Hall–Kier alpha value is -2.81. The Morgan fingerprint density at radius 3 is 2.41 bits per heavy atom. The Balaban J connectivity index is 1.74. The van der Waals surface area contributed by atoms with Gasteiger partial charge in [0.1, 0.15) is 6.54 Å². The molecule has 168 valence electrons. The minimum atomic E-state index is -3.69. The van der Waals surface area contributed by atoms with Crippen molar-refractivity contribution in [1.82, 2.24) is 9.99 Å². The van der Waals surface area contributed by atoms with Crippen molar-refractivity contribution in [3.8, 4) is 5.69 Å². The number of para-hydroxylation sites is 1. The smallest absolute Gasteiger partial charge is 0.260 e. The van der Waals surface area contributed by atoms with Crippen LogP contribution in [-0.4, -0.2) is 37.9 Å². The van der Waals surface area contributed by atoms with E-state index in [4.69, 9.17) is 23.2 Å². The van der Waals surface area contributed by atoms with Crippen LogP contribution in [0.5, 0.6) is 0 Å². The minimum Gasteiger partial charge on any atom is -0.316 e. The number of hydrazone groups is 1. The van der Waals surface area contributed by atoms with Crippen molar-refractivity contribution in [3.63, 3.8) is 0 Å². The Labute approximate surface area is 197 Å². The van der Waals surface area contributed by atoms with Gasteiger partial charge in [-0.15, -0.1) is 0 Å². The average molecular weight is 493 g/mol. The van der Waals surface area contributed by atoms with Gasteiger partial charge in [-0.3, -0.25) is 9.10 Å². The zero-order chi connectivity index (χ0) is 23.5. The van der Waals surface area contributed by atoms with Gasteiger partial charge in [-0.1, -0.05) is 35.3 Å². The van der Waals surface area contributed by atoms with Crippen LogP contribution in [0.3, 0.4) is 0 Å². The fraction of sp³-hybridized carbons (Fsp3) is 0.182. The number of nitrogens with one attached hydrogen (secondary N) is 1. The SMILES string of the molecule is Cc1cc(/C=N\NC(=O)CN(c2ccc(Cl)cc2)S(C)(=O)=O)c(C)n1-c1ccccc1Cl. The van der Waals surface area contributed by atoms with E-state index in [1.165, 1.54) is 18.3 Å². The quantitative estimate of drug-likeness (QED) is 0.393. The molecule has 0 radical (unpaired) electrons. The average Bonchev–Trinajstić information content (AvgIpc) is 3.00. The molecule has 32 heavy (non-hydrogen) atoms. The van der Waals surface area contributed by atoms with Crippen molar-refractivity contribution in [2.75, 3.05) is 17.1 Å². The highest BCUT2D eigenvalue weighted by atomic mass is 35.5. The number of halogens is 2. The largest absolute Gasteiger partial charge is 0.316 e. The maximum atomic E-state index is 12.4. The first-order valence-electron chi connectivity index (χ1n) is 9.57. The van der Waals surface area contributed by atoms with Crippen LogP contribution in [0.4, 0.5) is 5.69 Å². The molecule has 0 saturated carbocycles. The molecule has 0 aliphatic carbocycles. The number of sulfonamides is 1. The first-order valence-corrected chi connectivity index (χ1v) is 12.2. The Kier molecular flexibility index (Phi) is 7.28. The highest BCUT2D eigenvalue weighted by Gasteiger charge is 2.20. The van der Waals surface area contributed by atoms with Crippen LogP contribution in [0, 0.1) is 13.8 Å². The number of carbonyl (C=O) groups excluding carboxylic acids is 1. The number of aryl methyl sites for hydroxylation is 1. The second kappa shape index (κ2) is 9.77. The van der Waals surface area contributed by atoms with Gasteiger partial charge < -0.3 is 4.57 Å². The van der Waals surface area contributed by atoms with Gasteiger partial charge in [0, 0.05) is 22.0 Å². The fourth-order valence-electron chi connectivity index (χ4n) is 3.27. The third-order valence-electron chi connectivity index (χ3n) is 4.76. The standard InChI is InChI=1S/C22H22Cl2N4O3S/c1-15-12-17(16(2)28(15)21-7-5-4-6-20(21)24)13-25-26-22(29)14-27(32(3,30)31)19-10-8-18(23)9-11-19/h4-13H,14H2,1-3H3,(H,26,29)/b25-13-.